The van der Waals surface area contributed by atoms with E-state index in [1.807, 2.05) is 0 Å². The number of amides is 1. The number of benzene rings is 1. The monoisotopic (exact) mass is 253 g/mol. The van der Waals surface area contributed by atoms with E-state index in [1.54, 1.807) is 0 Å². The van der Waals surface area contributed by atoms with Gasteiger partial charge in [0, 0.05) is 22.6 Å². The molecule has 0 saturated carbocycles. The number of nitrogens with two attached hydrogens (primary N) is 1. The van der Waals surface area contributed by atoms with Crippen molar-refractivity contribution in [1.29, 1.82) is 0 Å². The molecule has 0 spiro atoms. The van der Waals surface area contributed by atoms with E-state index in [-0.39, 0.29) is 10.7 Å². The summed E-state index contributed by atoms with van der Waals surface area (Å²) in [6.45, 7) is 0. The normalized spacial score (nSPS) is 10.2. The number of anilines is 2. The lowest BCUT2D eigenvalue weighted by Gasteiger charge is -2.04. The third-order valence-corrected chi connectivity index (χ3v) is 2.29. The first-order valence-electron chi connectivity index (χ1n) is 4.76. The highest BCUT2D eigenvalue weighted by molar-refractivity contribution is 6.31. The Balaban J connectivity index is 2.18. The third-order valence-electron chi connectivity index (χ3n) is 2.07. The number of carbonyl (C=O) groups is 1. The van der Waals surface area contributed by atoms with Gasteiger partial charge in [-0.2, -0.15) is 0 Å². The molecule has 0 fully saturated rings. The van der Waals surface area contributed by atoms with E-state index >= 15 is 0 Å². The van der Waals surface area contributed by atoms with Crippen LogP contribution in [0.25, 0.3) is 0 Å². The Morgan fingerprint density at radius 1 is 1.35 bits per heavy atom. The summed E-state index contributed by atoms with van der Waals surface area (Å²) >= 11 is 5.66. The number of rotatable bonds is 2. The van der Waals surface area contributed by atoms with Gasteiger partial charge in [0.25, 0.3) is 5.91 Å². The van der Waals surface area contributed by atoms with Crippen LogP contribution in [0.4, 0.5) is 15.8 Å². The van der Waals surface area contributed by atoms with Crippen LogP contribution >= 0.6 is 11.6 Å². The van der Waals surface area contributed by atoms with Crippen LogP contribution in [0.2, 0.25) is 5.02 Å². The molecule has 88 valence electrons. The van der Waals surface area contributed by atoms with Gasteiger partial charge in [0.15, 0.2) is 0 Å². The molecule has 0 unspecified atom stereocenters. The van der Waals surface area contributed by atoms with E-state index in [4.69, 9.17) is 17.3 Å². The van der Waals surface area contributed by atoms with Crippen molar-refractivity contribution in [3.05, 3.63) is 47.0 Å². The Labute approximate surface area is 102 Å². The van der Waals surface area contributed by atoms with Crippen molar-refractivity contribution in [2.45, 2.75) is 0 Å². The van der Waals surface area contributed by atoms with Gasteiger partial charge in [-0.15, -0.1) is 0 Å². The van der Waals surface area contributed by atoms with Crippen molar-refractivity contribution < 1.29 is 9.18 Å². The molecule has 0 radical (unpaired) electrons. The minimum atomic E-state index is -0.515. The summed E-state index contributed by atoms with van der Waals surface area (Å²) in [7, 11) is 0. The summed E-state index contributed by atoms with van der Waals surface area (Å²) in [5, 5.41) is 2.72. The largest absolute Gasteiger partial charge is 0.397 e. The van der Waals surface area contributed by atoms with Crippen molar-refractivity contribution in [1.82, 2.24) is 4.98 Å². The number of nitrogen functional groups attached to an aromatic ring is 1. The molecule has 1 heterocycles. The van der Waals surface area contributed by atoms with Gasteiger partial charge >= 0.3 is 0 Å². The maximum atomic E-state index is 13.0. The summed E-state index contributed by atoms with van der Waals surface area (Å²) < 4.78 is 13.0. The topological polar surface area (TPSA) is 70.9 Å². The summed E-state index contributed by atoms with van der Waals surface area (Å²) in [6, 6.07) is 5.27. The molecule has 0 aliphatic rings. The second-order valence-corrected chi connectivity index (χ2v) is 3.90. The molecule has 4 nitrogen and oxygen atoms in total. The van der Waals surface area contributed by atoms with Crippen LogP contribution in [0.3, 0.4) is 0 Å². The molecule has 17 heavy (non-hydrogen) atoms. The Bertz CT molecular complexity index is 547. The lowest BCUT2D eigenvalue weighted by Crippen LogP contribution is -2.12. The predicted molar refractivity (Wildman–Crippen MR) is 64.6 cm³/mol. The summed E-state index contributed by atoms with van der Waals surface area (Å²) in [5.74, 6) is -0.929. The Morgan fingerprint density at radius 3 is 2.71 bits per heavy atom. The second-order valence-electron chi connectivity index (χ2n) is 3.46. The first-order chi connectivity index (χ1) is 8.04. The third kappa shape index (κ3) is 2.76. The minimum absolute atomic E-state index is 0.214. The minimum Gasteiger partial charge on any atom is -0.397 e. The van der Waals surface area contributed by atoms with E-state index < -0.39 is 11.7 Å². The summed E-state index contributed by atoms with van der Waals surface area (Å²) in [6.07, 6.45) is 1.49. The highest BCUT2D eigenvalue weighted by atomic mass is 35.5. The SMILES string of the molecule is Nc1c[nH]c(C(=O)Nc2cc(F)cc(Cl)c2)c1. The van der Waals surface area contributed by atoms with Gasteiger partial charge in [-0.3, -0.25) is 4.79 Å². The first kappa shape index (κ1) is 11.5. The fourth-order valence-corrected chi connectivity index (χ4v) is 1.59. The molecule has 2 rings (SSSR count). The number of halogens is 2. The summed E-state index contributed by atoms with van der Waals surface area (Å²) in [5.41, 5.74) is 6.50. The van der Waals surface area contributed by atoms with Crippen molar-refractivity contribution in [3.63, 3.8) is 0 Å². The molecule has 0 aliphatic carbocycles. The van der Waals surface area contributed by atoms with E-state index in [0.717, 1.165) is 6.07 Å². The lowest BCUT2D eigenvalue weighted by atomic mass is 10.3. The average molecular weight is 254 g/mol. The van der Waals surface area contributed by atoms with Crippen LogP contribution in [0, 0.1) is 5.82 Å². The van der Waals surface area contributed by atoms with Gasteiger partial charge in [-0.25, -0.2) is 4.39 Å². The number of aromatic amines is 1. The van der Waals surface area contributed by atoms with E-state index in [0.29, 0.717) is 11.4 Å². The van der Waals surface area contributed by atoms with Gasteiger partial charge in [0.2, 0.25) is 0 Å². The highest BCUT2D eigenvalue weighted by Crippen LogP contribution is 2.18. The molecule has 1 aromatic heterocycles. The van der Waals surface area contributed by atoms with E-state index in [1.165, 1.54) is 24.4 Å². The Kier molecular flexibility index (Phi) is 3.01. The standard InChI is InChI=1S/C11H9ClFN3O/c12-6-1-7(13)3-9(2-6)16-11(17)10-4-8(14)5-15-10/h1-5,15H,14H2,(H,16,17). The van der Waals surface area contributed by atoms with Crippen molar-refractivity contribution >= 4 is 28.9 Å². The summed E-state index contributed by atoms with van der Waals surface area (Å²) in [4.78, 5) is 14.4. The van der Waals surface area contributed by atoms with E-state index in [2.05, 4.69) is 10.3 Å². The Morgan fingerprint density at radius 2 is 2.12 bits per heavy atom. The van der Waals surface area contributed by atoms with Crippen molar-refractivity contribution in [2.75, 3.05) is 11.1 Å². The van der Waals surface area contributed by atoms with Crippen molar-refractivity contribution in [3.8, 4) is 0 Å². The molecule has 6 heteroatoms. The number of aromatic nitrogens is 1. The van der Waals surface area contributed by atoms with Gasteiger partial charge < -0.3 is 16.0 Å². The number of carbonyl (C=O) groups excluding carboxylic acids is 1. The van der Waals surface area contributed by atoms with Crippen LogP contribution < -0.4 is 11.1 Å². The molecule has 0 bridgehead atoms. The highest BCUT2D eigenvalue weighted by Gasteiger charge is 2.09. The molecule has 0 saturated heterocycles. The zero-order valence-electron chi connectivity index (χ0n) is 8.63. The van der Waals surface area contributed by atoms with Crippen LogP contribution in [0.15, 0.2) is 30.5 Å². The molecule has 0 aliphatic heterocycles. The molecular weight excluding hydrogens is 245 g/mol. The number of nitrogens with one attached hydrogen (secondary N) is 2. The quantitative estimate of drug-likeness (QED) is 0.770. The number of H-pyrrole nitrogens is 1. The average Bonchev–Trinajstić information content (AvgIpc) is 2.63. The van der Waals surface area contributed by atoms with Gasteiger partial charge in [-0.1, -0.05) is 11.6 Å². The zero-order valence-corrected chi connectivity index (χ0v) is 9.38. The Hall–Kier alpha value is -2.01. The molecule has 1 amide bonds. The van der Waals surface area contributed by atoms with Gasteiger partial charge in [0.05, 0.1) is 0 Å². The predicted octanol–water partition coefficient (Wildman–Crippen LogP) is 2.64. The van der Waals surface area contributed by atoms with Gasteiger partial charge in [0.1, 0.15) is 11.5 Å². The lowest BCUT2D eigenvalue weighted by molar-refractivity contribution is 0.102. The van der Waals surface area contributed by atoms with E-state index in [9.17, 15) is 9.18 Å². The fourth-order valence-electron chi connectivity index (χ4n) is 1.37. The second kappa shape index (κ2) is 4.47. The van der Waals surface area contributed by atoms with Gasteiger partial charge in [-0.05, 0) is 24.3 Å². The maximum Gasteiger partial charge on any atom is 0.272 e. The number of hydrogen-bond acceptors (Lipinski definition) is 2. The van der Waals surface area contributed by atoms with Crippen LogP contribution in [0.5, 0.6) is 0 Å². The number of hydrogen-bond donors (Lipinski definition) is 3. The fraction of sp³-hybridized carbons (Fsp3) is 0. The molecule has 1 aromatic carbocycles. The van der Waals surface area contributed by atoms with Crippen molar-refractivity contribution in [2.24, 2.45) is 0 Å². The molecule has 0 atom stereocenters. The first-order valence-corrected chi connectivity index (χ1v) is 5.14. The molecular formula is C11H9ClFN3O. The van der Waals surface area contributed by atoms with Crippen LogP contribution in [-0.2, 0) is 0 Å². The molecule has 2 aromatic rings. The van der Waals surface area contributed by atoms with Crippen LogP contribution in [-0.4, -0.2) is 10.9 Å². The van der Waals surface area contributed by atoms with Crippen LogP contribution in [0.1, 0.15) is 10.5 Å². The smallest absolute Gasteiger partial charge is 0.272 e. The zero-order chi connectivity index (χ0) is 12.4. The maximum absolute atomic E-state index is 13.0. The molecule has 4 N–H and O–H groups in total.